The monoisotopic (exact) mass is 237 g/mol. The Morgan fingerprint density at radius 3 is 2.13 bits per heavy atom. The van der Waals surface area contributed by atoms with Crippen LogP contribution in [-0.2, 0) is 14.8 Å². The number of rotatable bonds is 5. The van der Waals surface area contributed by atoms with Crippen LogP contribution in [0.1, 0.15) is 40.5 Å². The molecule has 1 atom stereocenters. The van der Waals surface area contributed by atoms with Crippen LogP contribution in [-0.4, -0.2) is 30.3 Å². The first-order valence-corrected chi connectivity index (χ1v) is 6.35. The largest absolute Gasteiger partial charge is 0.480 e. The fourth-order valence-electron chi connectivity index (χ4n) is 0.886. The van der Waals surface area contributed by atoms with Crippen molar-refractivity contribution in [2.45, 2.75) is 51.3 Å². The van der Waals surface area contributed by atoms with E-state index >= 15 is 0 Å². The van der Waals surface area contributed by atoms with Crippen molar-refractivity contribution in [3.8, 4) is 0 Å². The van der Waals surface area contributed by atoms with Crippen molar-refractivity contribution >= 4 is 16.0 Å². The molecule has 0 aliphatic rings. The Kier molecular flexibility index (Phi) is 4.73. The molecule has 90 valence electrons. The summed E-state index contributed by atoms with van der Waals surface area (Å²) in [5, 5.41) is 8.81. The van der Waals surface area contributed by atoms with Crippen molar-refractivity contribution in [1.82, 2.24) is 4.72 Å². The number of hydrogen-bond acceptors (Lipinski definition) is 3. The summed E-state index contributed by atoms with van der Waals surface area (Å²) in [6.07, 6.45) is 0.911. The van der Waals surface area contributed by atoms with Crippen LogP contribution in [0.5, 0.6) is 0 Å². The maximum atomic E-state index is 11.7. The minimum absolute atomic E-state index is 0.296. The lowest BCUT2D eigenvalue weighted by Gasteiger charge is -2.22. The van der Waals surface area contributed by atoms with Crippen molar-refractivity contribution in [1.29, 1.82) is 0 Å². The van der Waals surface area contributed by atoms with E-state index < -0.39 is 26.8 Å². The fourth-order valence-corrected chi connectivity index (χ4v) is 1.83. The van der Waals surface area contributed by atoms with Gasteiger partial charge in [0.25, 0.3) is 0 Å². The molecule has 0 bridgehead atoms. The first-order valence-electron chi connectivity index (χ1n) is 4.86. The Morgan fingerprint density at radius 2 is 1.87 bits per heavy atom. The van der Waals surface area contributed by atoms with Crippen LogP contribution in [0.25, 0.3) is 0 Å². The summed E-state index contributed by atoms with van der Waals surface area (Å²) < 4.78 is 24.5. The molecule has 5 nitrogen and oxygen atoms in total. The smallest absolute Gasteiger partial charge is 0.321 e. The van der Waals surface area contributed by atoms with Gasteiger partial charge in [0.1, 0.15) is 6.04 Å². The first-order chi connectivity index (χ1) is 6.62. The maximum Gasteiger partial charge on any atom is 0.321 e. The van der Waals surface area contributed by atoms with E-state index in [4.69, 9.17) is 5.11 Å². The van der Waals surface area contributed by atoms with Gasteiger partial charge in [0.15, 0.2) is 0 Å². The maximum absolute atomic E-state index is 11.7. The van der Waals surface area contributed by atoms with Gasteiger partial charge in [0.05, 0.1) is 4.75 Å². The standard InChI is InChI=1S/C9H19NO4S/c1-5-6-7(8(11)12)10-15(13,14)9(2,3)4/h7,10H,5-6H2,1-4H3,(H,11,12)/t7-/m0/s1. The lowest BCUT2D eigenvalue weighted by atomic mass is 10.2. The molecule has 0 aromatic carbocycles. The Labute approximate surface area is 90.9 Å². The zero-order chi connectivity index (χ0) is 12.3. The lowest BCUT2D eigenvalue weighted by molar-refractivity contribution is -0.139. The zero-order valence-corrected chi connectivity index (χ0v) is 10.4. The van der Waals surface area contributed by atoms with Gasteiger partial charge in [0.2, 0.25) is 10.0 Å². The third-order valence-corrected chi connectivity index (χ3v) is 4.19. The number of carboxylic acid groups (broad SMARTS) is 1. The highest BCUT2D eigenvalue weighted by atomic mass is 32.2. The minimum atomic E-state index is -3.60. The Balaban J connectivity index is 4.76. The Bertz CT molecular complexity index is 315. The summed E-state index contributed by atoms with van der Waals surface area (Å²) in [4.78, 5) is 10.8. The van der Waals surface area contributed by atoms with Crippen molar-refractivity contribution in [2.24, 2.45) is 0 Å². The van der Waals surface area contributed by atoms with E-state index in [0.717, 1.165) is 0 Å². The van der Waals surface area contributed by atoms with Crippen LogP contribution in [0.3, 0.4) is 0 Å². The highest BCUT2D eigenvalue weighted by Gasteiger charge is 2.33. The molecule has 15 heavy (non-hydrogen) atoms. The Morgan fingerprint density at radius 1 is 1.40 bits per heavy atom. The van der Waals surface area contributed by atoms with Gasteiger partial charge < -0.3 is 5.11 Å². The second kappa shape index (κ2) is 4.94. The van der Waals surface area contributed by atoms with E-state index in [1.807, 2.05) is 0 Å². The van der Waals surface area contributed by atoms with Crippen LogP contribution >= 0.6 is 0 Å². The van der Waals surface area contributed by atoms with E-state index in [1.54, 1.807) is 6.92 Å². The quantitative estimate of drug-likeness (QED) is 0.746. The molecular formula is C9H19NO4S. The van der Waals surface area contributed by atoms with E-state index in [1.165, 1.54) is 20.8 Å². The van der Waals surface area contributed by atoms with Crippen LogP contribution in [0.15, 0.2) is 0 Å². The van der Waals surface area contributed by atoms with Crippen molar-refractivity contribution in [3.05, 3.63) is 0 Å². The van der Waals surface area contributed by atoms with E-state index in [2.05, 4.69) is 4.72 Å². The fraction of sp³-hybridized carbons (Fsp3) is 0.889. The van der Waals surface area contributed by atoms with Crippen LogP contribution in [0.2, 0.25) is 0 Å². The summed E-state index contributed by atoms with van der Waals surface area (Å²) in [6, 6.07) is -1.03. The predicted octanol–water partition coefficient (Wildman–Crippen LogP) is 0.958. The highest BCUT2D eigenvalue weighted by molar-refractivity contribution is 7.90. The lowest BCUT2D eigenvalue weighted by Crippen LogP contribution is -2.47. The number of nitrogens with one attached hydrogen (secondary N) is 1. The molecule has 0 fully saturated rings. The molecule has 0 aliphatic carbocycles. The van der Waals surface area contributed by atoms with Crippen LogP contribution in [0.4, 0.5) is 0 Å². The molecule has 0 aromatic heterocycles. The summed E-state index contributed by atoms with van der Waals surface area (Å²) in [6.45, 7) is 6.39. The SMILES string of the molecule is CCC[C@H](NS(=O)(=O)C(C)(C)C)C(=O)O. The third kappa shape index (κ3) is 4.17. The molecule has 2 N–H and O–H groups in total. The molecule has 0 heterocycles. The number of hydrogen-bond donors (Lipinski definition) is 2. The van der Waals surface area contributed by atoms with Gasteiger partial charge in [-0.3, -0.25) is 4.79 Å². The number of carbonyl (C=O) groups is 1. The topological polar surface area (TPSA) is 83.5 Å². The van der Waals surface area contributed by atoms with Crippen LogP contribution < -0.4 is 4.72 Å². The predicted molar refractivity (Wildman–Crippen MR) is 58.1 cm³/mol. The summed E-state index contributed by atoms with van der Waals surface area (Å²) >= 11 is 0. The summed E-state index contributed by atoms with van der Waals surface area (Å²) in [7, 11) is -3.60. The van der Waals surface area contributed by atoms with Gasteiger partial charge in [-0.05, 0) is 27.2 Å². The number of aliphatic carboxylic acids is 1. The second-order valence-corrected chi connectivity index (χ2v) is 6.88. The number of sulfonamides is 1. The van der Waals surface area contributed by atoms with Gasteiger partial charge in [0, 0.05) is 0 Å². The van der Waals surface area contributed by atoms with Crippen molar-refractivity contribution in [3.63, 3.8) is 0 Å². The average Bonchev–Trinajstić information content (AvgIpc) is 2.00. The third-order valence-electron chi connectivity index (χ3n) is 1.98. The minimum Gasteiger partial charge on any atom is -0.480 e. The highest BCUT2D eigenvalue weighted by Crippen LogP contribution is 2.14. The average molecular weight is 237 g/mol. The molecule has 6 heteroatoms. The molecule has 0 rings (SSSR count). The first kappa shape index (κ1) is 14.4. The Hall–Kier alpha value is -0.620. The second-order valence-electron chi connectivity index (χ2n) is 4.41. The van der Waals surface area contributed by atoms with E-state index in [0.29, 0.717) is 12.8 Å². The van der Waals surface area contributed by atoms with Crippen LogP contribution in [0, 0.1) is 0 Å². The van der Waals surface area contributed by atoms with E-state index in [9.17, 15) is 13.2 Å². The molecule has 0 saturated carbocycles. The van der Waals surface area contributed by atoms with Gasteiger partial charge in [-0.1, -0.05) is 13.3 Å². The van der Waals surface area contributed by atoms with Gasteiger partial charge in [-0.15, -0.1) is 0 Å². The van der Waals surface area contributed by atoms with E-state index in [-0.39, 0.29) is 0 Å². The normalized spacial score (nSPS) is 14.9. The van der Waals surface area contributed by atoms with Gasteiger partial charge in [-0.25, -0.2) is 13.1 Å². The number of carboxylic acids is 1. The van der Waals surface area contributed by atoms with Crippen molar-refractivity contribution < 1.29 is 18.3 Å². The molecule has 0 aromatic rings. The summed E-state index contributed by atoms with van der Waals surface area (Å²) in [5.74, 6) is -1.13. The summed E-state index contributed by atoms with van der Waals surface area (Å²) in [5.41, 5.74) is 0. The molecule has 0 aliphatic heterocycles. The molecule has 0 spiro atoms. The molecule has 0 radical (unpaired) electrons. The van der Waals surface area contributed by atoms with Gasteiger partial charge in [-0.2, -0.15) is 0 Å². The molecule has 0 amide bonds. The molecule has 0 saturated heterocycles. The van der Waals surface area contributed by atoms with Gasteiger partial charge >= 0.3 is 5.97 Å². The van der Waals surface area contributed by atoms with Crippen molar-refractivity contribution in [2.75, 3.05) is 0 Å². The molecule has 0 unspecified atom stereocenters. The molecular weight excluding hydrogens is 218 g/mol. The zero-order valence-electron chi connectivity index (χ0n) is 9.57.